The van der Waals surface area contributed by atoms with Crippen molar-refractivity contribution in [3.05, 3.63) is 29.8 Å². The molecule has 0 radical (unpaired) electrons. The lowest BCUT2D eigenvalue weighted by Crippen LogP contribution is -2.22. The summed E-state index contributed by atoms with van der Waals surface area (Å²) in [5.74, 6) is 1.50. The van der Waals surface area contributed by atoms with Crippen LogP contribution in [0.2, 0.25) is 0 Å². The van der Waals surface area contributed by atoms with Gasteiger partial charge in [-0.2, -0.15) is 0 Å². The minimum Gasteiger partial charge on any atom is -0.299 e. The average Bonchev–Trinajstić information content (AvgIpc) is 2.30. The normalized spacial score (nSPS) is 17.2. The van der Waals surface area contributed by atoms with E-state index in [-0.39, 0.29) is 23.9 Å². The van der Waals surface area contributed by atoms with E-state index in [1.807, 2.05) is 0 Å². The molecule has 1 aromatic carbocycles. The highest BCUT2D eigenvalue weighted by Gasteiger charge is 2.24. The van der Waals surface area contributed by atoms with Gasteiger partial charge < -0.3 is 0 Å². The highest BCUT2D eigenvalue weighted by atomic mass is 32.2. The van der Waals surface area contributed by atoms with E-state index in [2.05, 4.69) is 31.2 Å². The van der Waals surface area contributed by atoms with Crippen LogP contribution in [0.3, 0.4) is 0 Å². The Labute approximate surface area is 112 Å². The fourth-order valence-corrected chi connectivity index (χ4v) is 3.28. The van der Waals surface area contributed by atoms with Gasteiger partial charge in [-0.15, -0.1) is 11.8 Å². The Morgan fingerprint density at radius 2 is 1.72 bits per heavy atom. The number of ketones is 2. The maximum absolute atomic E-state index is 11.3. The van der Waals surface area contributed by atoms with E-state index < -0.39 is 0 Å². The van der Waals surface area contributed by atoms with Crippen molar-refractivity contribution < 1.29 is 9.59 Å². The summed E-state index contributed by atoms with van der Waals surface area (Å²) >= 11 is 1.80. The molecule has 0 aromatic heterocycles. The van der Waals surface area contributed by atoms with Gasteiger partial charge in [-0.25, -0.2) is 0 Å². The number of benzene rings is 1. The third-order valence-corrected chi connectivity index (χ3v) is 4.29. The summed E-state index contributed by atoms with van der Waals surface area (Å²) in [6, 6.07) is 8.46. The van der Waals surface area contributed by atoms with Crippen LogP contribution in [0.1, 0.15) is 31.2 Å². The van der Waals surface area contributed by atoms with Crippen molar-refractivity contribution in [1.82, 2.24) is 0 Å². The molecule has 2 nitrogen and oxygen atoms in total. The molecule has 18 heavy (non-hydrogen) atoms. The molecule has 0 atom stereocenters. The van der Waals surface area contributed by atoms with Crippen molar-refractivity contribution in [3.63, 3.8) is 0 Å². The lowest BCUT2D eigenvalue weighted by molar-refractivity contribution is -0.131. The molecule has 0 heterocycles. The molecule has 2 rings (SSSR count). The summed E-state index contributed by atoms with van der Waals surface area (Å²) in [6.07, 6.45) is 2.32. The number of carbonyl (C=O) groups excluding carboxylic acids is 2. The van der Waals surface area contributed by atoms with Crippen molar-refractivity contribution in [2.75, 3.05) is 5.75 Å². The highest BCUT2D eigenvalue weighted by molar-refractivity contribution is 7.99. The van der Waals surface area contributed by atoms with Crippen molar-refractivity contribution in [2.24, 2.45) is 5.92 Å². The number of rotatable bonds is 4. The number of hydrogen-bond donors (Lipinski definition) is 0. The van der Waals surface area contributed by atoms with Gasteiger partial charge in [-0.3, -0.25) is 9.59 Å². The second kappa shape index (κ2) is 6.19. The Balaban J connectivity index is 1.76. The number of Topliss-reactive ketones (excluding diaryl/α,β-unsaturated/α-hetero) is 2. The molecule has 0 spiro atoms. The van der Waals surface area contributed by atoms with Gasteiger partial charge in [0.05, 0.1) is 6.42 Å². The number of hydrogen-bond acceptors (Lipinski definition) is 3. The maximum atomic E-state index is 11.3. The largest absolute Gasteiger partial charge is 0.299 e. The van der Waals surface area contributed by atoms with Gasteiger partial charge in [0.25, 0.3) is 0 Å². The third kappa shape index (κ3) is 3.98. The fraction of sp³-hybridized carbons (Fsp3) is 0.467. The summed E-state index contributed by atoms with van der Waals surface area (Å²) in [5.41, 5.74) is 1.27. The van der Waals surface area contributed by atoms with Crippen LogP contribution in [0.5, 0.6) is 0 Å². The minimum atomic E-state index is 0.122. The lowest BCUT2D eigenvalue weighted by Gasteiger charge is -2.19. The first-order chi connectivity index (χ1) is 8.63. The van der Waals surface area contributed by atoms with Crippen LogP contribution >= 0.6 is 11.8 Å². The van der Waals surface area contributed by atoms with Crippen molar-refractivity contribution in [1.29, 1.82) is 0 Å². The Hall–Kier alpha value is -1.09. The van der Waals surface area contributed by atoms with Crippen LogP contribution in [-0.2, 0) is 9.59 Å². The topological polar surface area (TPSA) is 34.1 Å². The zero-order valence-electron chi connectivity index (χ0n) is 10.6. The predicted octanol–water partition coefficient (Wildman–Crippen LogP) is 3.42. The first-order valence-electron chi connectivity index (χ1n) is 6.36. The molecule has 0 N–H and O–H groups in total. The zero-order chi connectivity index (χ0) is 13.0. The first-order valence-corrected chi connectivity index (χ1v) is 7.35. The van der Waals surface area contributed by atoms with Gasteiger partial charge in [-0.05, 0) is 37.1 Å². The van der Waals surface area contributed by atoms with Crippen LogP contribution in [0, 0.1) is 12.8 Å². The summed E-state index contributed by atoms with van der Waals surface area (Å²) in [5, 5.41) is 0. The van der Waals surface area contributed by atoms with Crippen LogP contribution in [0.15, 0.2) is 29.2 Å². The quantitative estimate of drug-likeness (QED) is 0.616. The van der Waals surface area contributed by atoms with Crippen molar-refractivity contribution in [3.8, 4) is 0 Å². The van der Waals surface area contributed by atoms with E-state index in [9.17, 15) is 9.59 Å². The van der Waals surface area contributed by atoms with Gasteiger partial charge in [0, 0.05) is 17.7 Å². The van der Waals surface area contributed by atoms with Gasteiger partial charge in [-0.1, -0.05) is 17.7 Å². The van der Waals surface area contributed by atoms with Crippen LogP contribution < -0.4 is 0 Å². The smallest absolute Gasteiger partial charge is 0.140 e. The Kier molecular flexibility index (Phi) is 4.59. The van der Waals surface area contributed by atoms with Gasteiger partial charge in [0.2, 0.25) is 0 Å². The summed E-state index contributed by atoms with van der Waals surface area (Å²) in [4.78, 5) is 23.9. The van der Waals surface area contributed by atoms with E-state index in [4.69, 9.17) is 0 Å². The van der Waals surface area contributed by atoms with Crippen LogP contribution in [-0.4, -0.2) is 17.3 Å². The first kappa shape index (κ1) is 13.3. The Morgan fingerprint density at radius 1 is 1.11 bits per heavy atom. The molecule has 0 amide bonds. The molecule has 1 aliphatic carbocycles. The van der Waals surface area contributed by atoms with E-state index in [1.165, 1.54) is 10.5 Å². The van der Waals surface area contributed by atoms with Crippen molar-refractivity contribution in [2.45, 2.75) is 37.5 Å². The summed E-state index contributed by atoms with van der Waals surface area (Å²) in [7, 11) is 0. The van der Waals surface area contributed by atoms with Crippen molar-refractivity contribution >= 4 is 23.3 Å². The molecule has 3 heteroatoms. The Morgan fingerprint density at radius 3 is 2.33 bits per heavy atom. The van der Waals surface area contributed by atoms with Crippen LogP contribution in [0.25, 0.3) is 0 Å². The molecular weight excluding hydrogens is 244 g/mol. The predicted molar refractivity (Wildman–Crippen MR) is 73.9 cm³/mol. The average molecular weight is 262 g/mol. The third-order valence-electron chi connectivity index (χ3n) is 3.24. The second-order valence-corrected chi connectivity index (χ2v) is 6.15. The Bertz CT molecular complexity index is 420. The summed E-state index contributed by atoms with van der Waals surface area (Å²) in [6.45, 7) is 2.08. The van der Waals surface area contributed by atoms with E-state index >= 15 is 0 Å². The van der Waals surface area contributed by atoms with Crippen LogP contribution in [0.4, 0.5) is 0 Å². The lowest BCUT2D eigenvalue weighted by atomic mass is 9.86. The van der Waals surface area contributed by atoms with E-state index in [1.54, 1.807) is 11.8 Å². The molecule has 1 aliphatic rings. The maximum Gasteiger partial charge on any atom is 0.140 e. The highest BCUT2D eigenvalue weighted by Crippen LogP contribution is 2.26. The molecule has 0 saturated heterocycles. The van der Waals surface area contributed by atoms with E-state index in [0.717, 1.165) is 12.2 Å². The second-order valence-electron chi connectivity index (χ2n) is 4.98. The molecule has 0 aliphatic heterocycles. The molecule has 1 saturated carbocycles. The van der Waals surface area contributed by atoms with Gasteiger partial charge in [0.15, 0.2) is 0 Å². The SMILES string of the molecule is Cc1ccc(SCCC2CC(=O)CC(=O)C2)cc1. The molecule has 1 fully saturated rings. The number of aryl methyl sites for hydroxylation is 1. The standard InChI is InChI=1S/C15H18O2S/c1-11-2-4-15(5-3-11)18-7-6-12-8-13(16)10-14(17)9-12/h2-5,12H,6-10H2,1H3. The van der Waals surface area contributed by atoms with Gasteiger partial charge >= 0.3 is 0 Å². The van der Waals surface area contributed by atoms with E-state index in [0.29, 0.717) is 12.8 Å². The van der Waals surface area contributed by atoms with Gasteiger partial charge in [0.1, 0.15) is 11.6 Å². The molecule has 0 unspecified atom stereocenters. The monoisotopic (exact) mass is 262 g/mol. The number of carbonyl (C=O) groups is 2. The molecule has 1 aromatic rings. The molecular formula is C15H18O2S. The molecule has 96 valence electrons. The molecule has 0 bridgehead atoms. The number of thioether (sulfide) groups is 1. The fourth-order valence-electron chi connectivity index (χ4n) is 2.26. The minimum absolute atomic E-state index is 0.122. The summed E-state index contributed by atoms with van der Waals surface area (Å²) < 4.78 is 0. The zero-order valence-corrected chi connectivity index (χ0v) is 11.5.